The average Bonchev–Trinajstić information content (AvgIpc) is 3.19. The standard InChI is InChI=1S/C20H24N4O/c1-12(2)10-13-11-18(24-23-13)20(25)22-17-9-5-7-15-14-6-3-4-8-16(14)21-19(15)17/h3-4,6,8,11-12,17,21H,5,7,9-10H2,1-2H3,(H,22,25)(H,23,24). The maximum absolute atomic E-state index is 12.6. The van der Waals surface area contributed by atoms with Gasteiger partial charge < -0.3 is 10.3 Å². The number of carbonyl (C=O) groups excluding carboxylic acids is 1. The predicted octanol–water partition coefficient (Wildman–Crippen LogP) is 3.90. The largest absolute Gasteiger partial charge is 0.356 e. The number of nitrogens with one attached hydrogen (secondary N) is 3. The lowest BCUT2D eigenvalue weighted by molar-refractivity contribution is 0.0927. The van der Waals surface area contributed by atoms with Gasteiger partial charge in [-0.3, -0.25) is 9.89 Å². The minimum atomic E-state index is -0.109. The van der Waals surface area contributed by atoms with Crippen LogP contribution in [0.1, 0.15) is 60.2 Å². The number of H-pyrrole nitrogens is 2. The Bertz CT molecular complexity index is 905. The monoisotopic (exact) mass is 336 g/mol. The Morgan fingerprint density at radius 2 is 2.20 bits per heavy atom. The number of aromatic amines is 2. The van der Waals surface area contributed by atoms with E-state index in [9.17, 15) is 4.79 Å². The molecule has 1 unspecified atom stereocenters. The first-order valence-corrected chi connectivity index (χ1v) is 9.06. The second kappa shape index (κ2) is 6.39. The van der Waals surface area contributed by atoms with Crippen LogP contribution < -0.4 is 5.32 Å². The molecule has 5 nitrogen and oxygen atoms in total. The zero-order valence-electron chi connectivity index (χ0n) is 14.7. The summed E-state index contributed by atoms with van der Waals surface area (Å²) in [6, 6.07) is 10.2. The fraction of sp³-hybridized carbons (Fsp3) is 0.400. The number of benzene rings is 1. The molecule has 4 rings (SSSR count). The molecule has 0 saturated heterocycles. The summed E-state index contributed by atoms with van der Waals surface area (Å²) in [7, 11) is 0. The number of nitrogens with zero attached hydrogens (tertiary/aromatic N) is 1. The van der Waals surface area contributed by atoms with Gasteiger partial charge in [0, 0.05) is 22.3 Å². The lowest BCUT2D eigenvalue weighted by Crippen LogP contribution is -2.31. The third-order valence-electron chi connectivity index (χ3n) is 4.91. The fourth-order valence-electron chi connectivity index (χ4n) is 3.81. The van der Waals surface area contributed by atoms with Gasteiger partial charge in [-0.05, 0) is 49.3 Å². The lowest BCUT2D eigenvalue weighted by atomic mass is 9.91. The second-order valence-corrected chi connectivity index (χ2v) is 7.36. The Kier molecular flexibility index (Phi) is 4.07. The molecule has 1 amide bonds. The summed E-state index contributed by atoms with van der Waals surface area (Å²) in [6.45, 7) is 4.31. The van der Waals surface area contributed by atoms with Crippen molar-refractivity contribution in [2.75, 3.05) is 0 Å². The molecule has 5 heteroatoms. The van der Waals surface area contributed by atoms with E-state index >= 15 is 0 Å². The molecule has 0 bridgehead atoms. The van der Waals surface area contributed by atoms with Crippen molar-refractivity contribution in [3.8, 4) is 0 Å². The Labute approximate surface area is 147 Å². The first-order chi connectivity index (χ1) is 12.1. The minimum Gasteiger partial charge on any atom is -0.356 e. The summed E-state index contributed by atoms with van der Waals surface area (Å²) in [5, 5.41) is 11.6. The molecule has 1 aliphatic carbocycles. The molecule has 0 fully saturated rings. The van der Waals surface area contributed by atoms with Crippen LogP contribution in [0.2, 0.25) is 0 Å². The molecule has 2 heterocycles. The Balaban J connectivity index is 1.56. The first kappa shape index (κ1) is 15.9. The van der Waals surface area contributed by atoms with Gasteiger partial charge >= 0.3 is 0 Å². The summed E-state index contributed by atoms with van der Waals surface area (Å²) < 4.78 is 0. The highest BCUT2D eigenvalue weighted by Crippen LogP contribution is 2.34. The lowest BCUT2D eigenvalue weighted by Gasteiger charge is -2.23. The number of fused-ring (bicyclic) bond motifs is 3. The Morgan fingerprint density at radius 1 is 1.36 bits per heavy atom. The molecule has 1 aromatic carbocycles. The number of aryl methyl sites for hydroxylation is 1. The number of aromatic nitrogens is 3. The molecular formula is C20H24N4O. The predicted molar refractivity (Wildman–Crippen MR) is 98.6 cm³/mol. The third kappa shape index (κ3) is 3.06. The maximum Gasteiger partial charge on any atom is 0.272 e. The number of hydrogen-bond donors (Lipinski definition) is 3. The van der Waals surface area contributed by atoms with Crippen LogP contribution in [-0.2, 0) is 12.8 Å². The highest BCUT2D eigenvalue weighted by Gasteiger charge is 2.26. The van der Waals surface area contributed by atoms with Gasteiger partial charge in [-0.1, -0.05) is 32.0 Å². The van der Waals surface area contributed by atoms with Gasteiger partial charge in [-0.15, -0.1) is 0 Å². The van der Waals surface area contributed by atoms with E-state index in [1.807, 2.05) is 12.1 Å². The van der Waals surface area contributed by atoms with E-state index in [1.54, 1.807) is 0 Å². The maximum atomic E-state index is 12.6. The molecule has 0 aliphatic heterocycles. The van der Waals surface area contributed by atoms with Crippen LogP contribution in [0.4, 0.5) is 0 Å². The number of para-hydroxylation sites is 1. The van der Waals surface area contributed by atoms with Crippen molar-refractivity contribution in [3.63, 3.8) is 0 Å². The average molecular weight is 336 g/mol. The van der Waals surface area contributed by atoms with Crippen molar-refractivity contribution in [1.29, 1.82) is 0 Å². The van der Waals surface area contributed by atoms with E-state index in [1.165, 1.54) is 10.9 Å². The molecule has 0 spiro atoms. The summed E-state index contributed by atoms with van der Waals surface area (Å²) in [5.74, 6) is 0.423. The molecule has 25 heavy (non-hydrogen) atoms. The van der Waals surface area contributed by atoms with E-state index in [0.717, 1.165) is 42.6 Å². The summed E-state index contributed by atoms with van der Waals surface area (Å²) >= 11 is 0. The van der Waals surface area contributed by atoms with E-state index in [2.05, 4.69) is 52.5 Å². The van der Waals surface area contributed by atoms with Crippen molar-refractivity contribution in [2.45, 2.75) is 45.6 Å². The molecular weight excluding hydrogens is 312 g/mol. The van der Waals surface area contributed by atoms with Gasteiger partial charge in [0.05, 0.1) is 6.04 Å². The van der Waals surface area contributed by atoms with Gasteiger partial charge in [0.15, 0.2) is 0 Å². The molecule has 130 valence electrons. The summed E-state index contributed by atoms with van der Waals surface area (Å²) in [6.07, 6.45) is 4.00. The zero-order chi connectivity index (χ0) is 17.4. The van der Waals surface area contributed by atoms with Gasteiger partial charge in [0.2, 0.25) is 0 Å². The van der Waals surface area contributed by atoms with Crippen LogP contribution in [0.25, 0.3) is 10.9 Å². The number of rotatable bonds is 4. The highest BCUT2D eigenvalue weighted by molar-refractivity contribution is 5.93. The minimum absolute atomic E-state index is 0.0221. The molecule has 2 aromatic heterocycles. The van der Waals surface area contributed by atoms with Crippen molar-refractivity contribution >= 4 is 16.8 Å². The van der Waals surface area contributed by atoms with Gasteiger partial charge in [0.1, 0.15) is 5.69 Å². The van der Waals surface area contributed by atoms with Crippen LogP contribution in [0.3, 0.4) is 0 Å². The van der Waals surface area contributed by atoms with Crippen LogP contribution in [-0.4, -0.2) is 21.1 Å². The van der Waals surface area contributed by atoms with Crippen LogP contribution >= 0.6 is 0 Å². The zero-order valence-corrected chi connectivity index (χ0v) is 14.7. The molecule has 0 saturated carbocycles. The van der Waals surface area contributed by atoms with Crippen LogP contribution in [0.5, 0.6) is 0 Å². The van der Waals surface area contributed by atoms with Gasteiger partial charge in [-0.2, -0.15) is 5.10 Å². The topological polar surface area (TPSA) is 73.6 Å². The van der Waals surface area contributed by atoms with E-state index in [-0.39, 0.29) is 11.9 Å². The van der Waals surface area contributed by atoms with Gasteiger partial charge in [0.25, 0.3) is 5.91 Å². The van der Waals surface area contributed by atoms with Crippen molar-refractivity contribution < 1.29 is 4.79 Å². The molecule has 1 aliphatic rings. The Morgan fingerprint density at radius 3 is 3.04 bits per heavy atom. The quantitative estimate of drug-likeness (QED) is 0.676. The molecule has 3 aromatic rings. The number of carbonyl (C=O) groups is 1. The van der Waals surface area contributed by atoms with Crippen molar-refractivity contribution in [3.05, 3.63) is 53.0 Å². The number of hydrogen-bond acceptors (Lipinski definition) is 2. The van der Waals surface area contributed by atoms with Gasteiger partial charge in [-0.25, -0.2) is 0 Å². The SMILES string of the molecule is CC(C)Cc1cc(C(=O)NC2CCCc3c2[nH]c2ccccc32)n[nH]1. The van der Waals surface area contributed by atoms with Crippen molar-refractivity contribution in [2.24, 2.45) is 5.92 Å². The molecule has 1 atom stereocenters. The van der Waals surface area contributed by atoms with Crippen LogP contribution in [0, 0.1) is 5.92 Å². The first-order valence-electron chi connectivity index (χ1n) is 9.06. The molecule has 3 N–H and O–H groups in total. The summed E-state index contributed by atoms with van der Waals surface area (Å²) in [4.78, 5) is 16.1. The number of amides is 1. The fourth-order valence-corrected chi connectivity index (χ4v) is 3.81. The van der Waals surface area contributed by atoms with E-state index in [4.69, 9.17) is 0 Å². The third-order valence-corrected chi connectivity index (χ3v) is 4.91. The normalized spacial score (nSPS) is 17.0. The summed E-state index contributed by atoms with van der Waals surface area (Å²) in [5.41, 5.74) is 5.12. The smallest absolute Gasteiger partial charge is 0.272 e. The highest BCUT2D eigenvalue weighted by atomic mass is 16.2. The van der Waals surface area contributed by atoms with Crippen LogP contribution in [0.15, 0.2) is 30.3 Å². The van der Waals surface area contributed by atoms with E-state index < -0.39 is 0 Å². The van der Waals surface area contributed by atoms with E-state index in [0.29, 0.717) is 11.6 Å². The van der Waals surface area contributed by atoms with Crippen molar-refractivity contribution in [1.82, 2.24) is 20.5 Å². The second-order valence-electron chi connectivity index (χ2n) is 7.36. The Hall–Kier alpha value is -2.56. The molecule has 0 radical (unpaired) electrons.